The Morgan fingerprint density at radius 2 is 1.77 bits per heavy atom. The average Bonchev–Trinajstić information content (AvgIpc) is 2.66. The zero-order chi connectivity index (χ0) is 16.0. The number of hydrogen-bond acceptors (Lipinski definition) is 3. The molecule has 118 valence electrons. The number of fused-ring (bicyclic) bond motifs is 1. The first-order chi connectivity index (χ1) is 10.3. The smallest absolute Gasteiger partial charge is 0.487 e. The second kappa shape index (κ2) is 5.43. The van der Waals surface area contributed by atoms with Gasteiger partial charge in [-0.15, -0.1) is 0 Å². The summed E-state index contributed by atoms with van der Waals surface area (Å²) >= 11 is 0. The molecular weight excluding hydrogens is 275 g/mol. The summed E-state index contributed by atoms with van der Waals surface area (Å²) in [6.07, 6.45) is 3.36. The third-order valence-corrected chi connectivity index (χ3v) is 5.16. The second-order valence-corrected chi connectivity index (χ2v) is 7.19. The van der Waals surface area contributed by atoms with Crippen molar-refractivity contribution in [2.24, 2.45) is 0 Å². The van der Waals surface area contributed by atoms with E-state index < -0.39 is 0 Å². The molecule has 0 radical (unpaired) electrons. The number of allylic oxidation sites excluding steroid dienone is 1. The summed E-state index contributed by atoms with van der Waals surface area (Å²) in [5, 5.41) is 0. The first-order valence-corrected chi connectivity index (χ1v) is 8.06. The molecule has 0 unspecified atom stereocenters. The average molecular weight is 300 g/mol. The molecule has 4 heteroatoms. The van der Waals surface area contributed by atoms with E-state index in [9.17, 15) is 0 Å². The van der Waals surface area contributed by atoms with Crippen molar-refractivity contribution in [2.45, 2.75) is 58.2 Å². The minimum absolute atomic E-state index is 0.280. The van der Waals surface area contributed by atoms with E-state index in [2.05, 4.69) is 45.8 Å². The normalized spacial score (nSPS) is 24.4. The summed E-state index contributed by atoms with van der Waals surface area (Å²) < 4.78 is 17.6. The Morgan fingerprint density at radius 3 is 2.41 bits per heavy atom. The van der Waals surface area contributed by atoms with Crippen LogP contribution in [0.2, 0.25) is 0 Å². The van der Waals surface area contributed by atoms with Crippen molar-refractivity contribution in [3.05, 3.63) is 35.3 Å². The monoisotopic (exact) mass is 300 g/mol. The third kappa shape index (κ3) is 2.70. The fourth-order valence-electron chi connectivity index (χ4n) is 3.10. The molecular formula is C18H25BO3. The molecule has 1 aliphatic carbocycles. The van der Waals surface area contributed by atoms with Gasteiger partial charge in [-0.05, 0) is 75.8 Å². The Balaban J connectivity index is 1.91. The molecule has 1 aromatic carbocycles. The molecule has 2 aliphatic rings. The van der Waals surface area contributed by atoms with E-state index >= 15 is 0 Å². The number of hydrogen-bond donors (Lipinski definition) is 0. The van der Waals surface area contributed by atoms with Crippen molar-refractivity contribution in [1.82, 2.24) is 0 Å². The van der Waals surface area contributed by atoms with Crippen molar-refractivity contribution in [1.29, 1.82) is 0 Å². The van der Waals surface area contributed by atoms with Crippen LogP contribution >= 0.6 is 0 Å². The molecule has 0 bridgehead atoms. The van der Waals surface area contributed by atoms with Gasteiger partial charge in [-0.1, -0.05) is 12.0 Å². The zero-order valence-corrected chi connectivity index (χ0v) is 14.2. The zero-order valence-electron chi connectivity index (χ0n) is 14.2. The van der Waals surface area contributed by atoms with Crippen LogP contribution in [0.4, 0.5) is 0 Å². The fraction of sp³-hybridized carbons (Fsp3) is 0.556. The van der Waals surface area contributed by atoms with Gasteiger partial charge in [0.05, 0.1) is 18.3 Å². The van der Waals surface area contributed by atoms with Gasteiger partial charge in [0.25, 0.3) is 0 Å². The van der Waals surface area contributed by atoms with E-state index in [0.29, 0.717) is 0 Å². The van der Waals surface area contributed by atoms with Crippen LogP contribution < -0.4 is 4.74 Å². The predicted octanol–water partition coefficient (Wildman–Crippen LogP) is 4.05. The summed E-state index contributed by atoms with van der Waals surface area (Å²) in [5.74, 6) is 3.05. The molecule has 0 saturated carbocycles. The summed E-state index contributed by atoms with van der Waals surface area (Å²) in [5.41, 5.74) is 3.38. The Labute approximate surface area is 133 Å². The SMILES string of the molecule is COc1ccc2c(c1)/C(=C\B1OC(C)(C)C(C)(C)O1)CCC2. The van der Waals surface area contributed by atoms with E-state index in [1.54, 1.807) is 7.11 Å². The van der Waals surface area contributed by atoms with Gasteiger partial charge in [-0.25, -0.2) is 0 Å². The van der Waals surface area contributed by atoms with E-state index in [1.807, 2.05) is 6.07 Å². The fourth-order valence-corrected chi connectivity index (χ4v) is 3.10. The van der Waals surface area contributed by atoms with Crippen LogP contribution in [0.5, 0.6) is 5.75 Å². The molecule has 0 amide bonds. The van der Waals surface area contributed by atoms with E-state index in [1.165, 1.54) is 23.1 Å². The number of rotatable bonds is 2. The van der Waals surface area contributed by atoms with Crippen molar-refractivity contribution in [3.63, 3.8) is 0 Å². The van der Waals surface area contributed by atoms with Crippen LogP contribution in [0, 0.1) is 0 Å². The number of methoxy groups -OCH3 is 1. The summed E-state index contributed by atoms with van der Waals surface area (Å²) in [4.78, 5) is 0. The molecule has 22 heavy (non-hydrogen) atoms. The lowest BCUT2D eigenvalue weighted by Crippen LogP contribution is -2.41. The predicted molar refractivity (Wildman–Crippen MR) is 90.0 cm³/mol. The minimum atomic E-state index is -0.291. The highest BCUT2D eigenvalue weighted by Gasteiger charge is 2.50. The van der Waals surface area contributed by atoms with E-state index in [4.69, 9.17) is 14.0 Å². The molecule has 0 aromatic heterocycles. The summed E-state index contributed by atoms with van der Waals surface area (Å²) in [6.45, 7) is 8.35. The highest BCUT2D eigenvalue weighted by atomic mass is 16.7. The molecule has 1 fully saturated rings. The molecule has 1 heterocycles. The van der Waals surface area contributed by atoms with Gasteiger partial charge in [-0.3, -0.25) is 0 Å². The summed E-state index contributed by atoms with van der Waals surface area (Å²) in [6, 6.07) is 6.34. The number of ether oxygens (including phenoxy) is 1. The first kappa shape index (κ1) is 15.6. The van der Waals surface area contributed by atoms with Gasteiger partial charge < -0.3 is 14.0 Å². The lowest BCUT2D eigenvalue weighted by atomic mass is 9.79. The van der Waals surface area contributed by atoms with Crippen LogP contribution in [0.3, 0.4) is 0 Å². The number of benzene rings is 1. The third-order valence-electron chi connectivity index (χ3n) is 5.16. The maximum atomic E-state index is 6.11. The standard InChI is InChI=1S/C18H25BO3/c1-17(2)18(3,4)22-19(21-17)12-14-8-6-7-13-9-10-15(20-5)11-16(13)14/h9-12H,6-8H2,1-5H3/b14-12-. The molecule has 1 saturated heterocycles. The van der Waals surface area contributed by atoms with Gasteiger partial charge in [0.15, 0.2) is 0 Å². The number of aryl methyl sites for hydroxylation is 1. The van der Waals surface area contributed by atoms with Gasteiger partial charge in [0, 0.05) is 0 Å². The quantitative estimate of drug-likeness (QED) is 0.771. The van der Waals surface area contributed by atoms with Crippen LogP contribution in [0.15, 0.2) is 24.2 Å². The van der Waals surface area contributed by atoms with Gasteiger partial charge >= 0.3 is 7.12 Å². The molecule has 0 spiro atoms. The topological polar surface area (TPSA) is 27.7 Å². The lowest BCUT2D eigenvalue weighted by Gasteiger charge is -2.32. The molecule has 1 aliphatic heterocycles. The van der Waals surface area contributed by atoms with Crippen molar-refractivity contribution in [3.8, 4) is 5.75 Å². The molecule has 3 nitrogen and oxygen atoms in total. The summed E-state index contributed by atoms with van der Waals surface area (Å²) in [7, 11) is 1.43. The highest BCUT2D eigenvalue weighted by Crippen LogP contribution is 2.39. The van der Waals surface area contributed by atoms with Crippen LogP contribution in [-0.4, -0.2) is 25.4 Å². The van der Waals surface area contributed by atoms with Crippen molar-refractivity contribution in [2.75, 3.05) is 7.11 Å². The highest BCUT2D eigenvalue weighted by molar-refractivity contribution is 6.53. The Kier molecular flexibility index (Phi) is 3.86. The molecule has 3 rings (SSSR count). The maximum Gasteiger partial charge on any atom is 0.487 e. The van der Waals surface area contributed by atoms with Gasteiger partial charge in [-0.2, -0.15) is 0 Å². The Morgan fingerprint density at radius 1 is 1.09 bits per heavy atom. The Bertz CT molecular complexity index is 588. The van der Waals surface area contributed by atoms with Crippen LogP contribution in [0.1, 0.15) is 51.7 Å². The Hall–Kier alpha value is -1.26. The minimum Gasteiger partial charge on any atom is -0.497 e. The molecule has 0 N–H and O–H groups in total. The van der Waals surface area contributed by atoms with Crippen LogP contribution in [0.25, 0.3) is 5.57 Å². The van der Waals surface area contributed by atoms with Gasteiger partial charge in [0.2, 0.25) is 0 Å². The molecule has 0 atom stereocenters. The van der Waals surface area contributed by atoms with E-state index in [-0.39, 0.29) is 18.3 Å². The van der Waals surface area contributed by atoms with Crippen molar-refractivity contribution >= 4 is 12.7 Å². The van der Waals surface area contributed by atoms with Crippen LogP contribution in [-0.2, 0) is 15.7 Å². The van der Waals surface area contributed by atoms with Crippen molar-refractivity contribution < 1.29 is 14.0 Å². The lowest BCUT2D eigenvalue weighted by molar-refractivity contribution is 0.00578. The first-order valence-electron chi connectivity index (χ1n) is 8.06. The largest absolute Gasteiger partial charge is 0.497 e. The molecule has 1 aromatic rings. The maximum absolute atomic E-state index is 6.11. The van der Waals surface area contributed by atoms with Gasteiger partial charge in [0.1, 0.15) is 5.75 Å². The second-order valence-electron chi connectivity index (χ2n) is 7.19. The van der Waals surface area contributed by atoms with E-state index in [0.717, 1.165) is 18.6 Å².